The van der Waals surface area contributed by atoms with Crippen molar-refractivity contribution in [2.75, 3.05) is 0 Å². The Bertz CT molecular complexity index is 532. The fourth-order valence-electron chi connectivity index (χ4n) is 1.50. The summed E-state index contributed by atoms with van der Waals surface area (Å²) in [5, 5.41) is 2.49. The Morgan fingerprint density at radius 2 is 1.90 bits per heavy atom. The molecule has 0 fully saturated rings. The van der Waals surface area contributed by atoms with Crippen LogP contribution in [0.4, 0.5) is 13.2 Å². The van der Waals surface area contributed by atoms with E-state index in [1.54, 1.807) is 6.92 Å². The van der Waals surface area contributed by atoms with Gasteiger partial charge in [0, 0.05) is 11.6 Å². The van der Waals surface area contributed by atoms with Gasteiger partial charge in [0.1, 0.15) is 5.75 Å². The highest BCUT2D eigenvalue weighted by Crippen LogP contribution is 2.23. The van der Waals surface area contributed by atoms with E-state index in [0.717, 1.165) is 12.1 Å². The molecule has 5 nitrogen and oxygen atoms in total. The molecule has 8 heteroatoms. The molecule has 0 bridgehead atoms. The first kappa shape index (κ1) is 16.8. The highest BCUT2D eigenvalue weighted by atomic mass is 19.4. The van der Waals surface area contributed by atoms with Crippen LogP contribution in [-0.4, -0.2) is 24.2 Å². The highest BCUT2D eigenvalue weighted by molar-refractivity contribution is 5.95. The summed E-state index contributed by atoms with van der Waals surface area (Å²) >= 11 is 0. The quantitative estimate of drug-likeness (QED) is 0.870. The van der Waals surface area contributed by atoms with Gasteiger partial charge in [-0.15, -0.1) is 13.2 Å². The second kappa shape index (κ2) is 6.47. The van der Waals surface area contributed by atoms with E-state index in [1.165, 1.54) is 19.1 Å². The van der Waals surface area contributed by atoms with Crippen molar-refractivity contribution in [1.82, 2.24) is 5.32 Å². The lowest BCUT2D eigenvalue weighted by molar-refractivity contribution is -0.274. The standard InChI is InChI=1S/C13H15F3N2O3/c1-7(11(17)19)8(2)18-12(20)9-4-3-5-10(6-9)21-13(14,15)16/h3-8H,1-2H3,(H2,17,19)(H,18,20). The molecule has 0 saturated carbocycles. The summed E-state index contributed by atoms with van der Waals surface area (Å²) in [6.07, 6.45) is -4.83. The number of nitrogens with one attached hydrogen (secondary N) is 1. The lowest BCUT2D eigenvalue weighted by atomic mass is 10.0. The molecular formula is C13H15F3N2O3. The van der Waals surface area contributed by atoms with Gasteiger partial charge in [-0.3, -0.25) is 9.59 Å². The predicted octanol–water partition coefficient (Wildman–Crippen LogP) is 1.82. The zero-order valence-electron chi connectivity index (χ0n) is 11.4. The molecule has 0 radical (unpaired) electrons. The molecule has 21 heavy (non-hydrogen) atoms. The van der Waals surface area contributed by atoms with Crippen LogP contribution in [0.2, 0.25) is 0 Å². The van der Waals surface area contributed by atoms with E-state index in [2.05, 4.69) is 10.1 Å². The highest BCUT2D eigenvalue weighted by Gasteiger charge is 2.31. The molecule has 1 rings (SSSR count). The van der Waals surface area contributed by atoms with Crippen molar-refractivity contribution in [2.24, 2.45) is 11.7 Å². The van der Waals surface area contributed by atoms with Crippen LogP contribution in [0.1, 0.15) is 24.2 Å². The van der Waals surface area contributed by atoms with Gasteiger partial charge in [-0.05, 0) is 25.1 Å². The van der Waals surface area contributed by atoms with Gasteiger partial charge in [-0.2, -0.15) is 0 Å². The minimum Gasteiger partial charge on any atom is -0.406 e. The number of ether oxygens (including phenoxy) is 1. The summed E-state index contributed by atoms with van der Waals surface area (Å²) in [5.41, 5.74) is 5.10. The first-order valence-corrected chi connectivity index (χ1v) is 6.06. The average Bonchev–Trinajstić information content (AvgIpc) is 2.35. The van der Waals surface area contributed by atoms with E-state index in [0.29, 0.717) is 0 Å². The maximum atomic E-state index is 12.1. The Balaban J connectivity index is 2.79. The Hall–Kier alpha value is -2.25. The Labute approximate surface area is 119 Å². The van der Waals surface area contributed by atoms with Crippen LogP contribution in [0.3, 0.4) is 0 Å². The molecule has 2 atom stereocenters. The fraction of sp³-hybridized carbons (Fsp3) is 0.385. The van der Waals surface area contributed by atoms with Gasteiger partial charge in [0.05, 0.1) is 5.92 Å². The molecule has 0 saturated heterocycles. The lowest BCUT2D eigenvalue weighted by Crippen LogP contribution is -2.42. The van der Waals surface area contributed by atoms with Gasteiger partial charge in [-0.1, -0.05) is 13.0 Å². The Kier molecular flexibility index (Phi) is 5.17. The van der Waals surface area contributed by atoms with Gasteiger partial charge in [-0.25, -0.2) is 0 Å². The van der Waals surface area contributed by atoms with Gasteiger partial charge < -0.3 is 15.8 Å². The second-order valence-corrected chi connectivity index (χ2v) is 4.53. The smallest absolute Gasteiger partial charge is 0.406 e. The number of carbonyl (C=O) groups is 2. The molecule has 116 valence electrons. The number of primary amides is 1. The summed E-state index contributed by atoms with van der Waals surface area (Å²) in [6, 6.07) is 4.09. The first-order chi connectivity index (χ1) is 9.60. The maximum Gasteiger partial charge on any atom is 0.573 e. The SMILES string of the molecule is CC(NC(=O)c1cccc(OC(F)(F)F)c1)C(C)C(N)=O. The van der Waals surface area contributed by atoms with Crippen molar-refractivity contribution >= 4 is 11.8 Å². The number of rotatable bonds is 5. The molecule has 0 spiro atoms. The molecule has 1 aromatic carbocycles. The predicted molar refractivity (Wildman–Crippen MR) is 68.4 cm³/mol. The summed E-state index contributed by atoms with van der Waals surface area (Å²) in [5.74, 6) is -2.31. The van der Waals surface area contributed by atoms with E-state index < -0.39 is 35.9 Å². The van der Waals surface area contributed by atoms with Crippen molar-refractivity contribution in [2.45, 2.75) is 26.3 Å². The summed E-state index contributed by atoms with van der Waals surface area (Å²) < 4.78 is 40.0. The number of hydrogen-bond donors (Lipinski definition) is 2. The number of benzene rings is 1. The molecule has 2 amide bonds. The number of amides is 2. The van der Waals surface area contributed by atoms with E-state index in [9.17, 15) is 22.8 Å². The fourth-order valence-corrected chi connectivity index (χ4v) is 1.50. The van der Waals surface area contributed by atoms with Gasteiger partial charge >= 0.3 is 6.36 Å². The van der Waals surface area contributed by atoms with Crippen molar-refractivity contribution in [3.05, 3.63) is 29.8 Å². The molecule has 0 aliphatic rings. The van der Waals surface area contributed by atoms with E-state index in [-0.39, 0.29) is 5.56 Å². The van der Waals surface area contributed by atoms with Gasteiger partial charge in [0.15, 0.2) is 0 Å². The first-order valence-electron chi connectivity index (χ1n) is 6.06. The normalized spacial score (nSPS) is 14.1. The van der Waals surface area contributed by atoms with E-state index in [1.807, 2.05) is 0 Å². The van der Waals surface area contributed by atoms with Crippen LogP contribution in [0.15, 0.2) is 24.3 Å². The third-order valence-electron chi connectivity index (χ3n) is 2.89. The van der Waals surface area contributed by atoms with Gasteiger partial charge in [0.2, 0.25) is 5.91 Å². The van der Waals surface area contributed by atoms with Crippen molar-refractivity contribution < 1.29 is 27.5 Å². The van der Waals surface area contributed by atoms with Crippen LogP contribution in [-0.2, 0) is 4.79 Å². The molecule has 1 aromatic rings. The monoisotopic (exact) mass is 304 g/mol. The van der Waals surface area contributed by atoms with Gasteiger partial charge in [0.25, 0.3) is 5.91 Å². The maximum absolute atomic E-state index is 12.1. The van der Waals surface area contributed by atoms with E-state index in [4.69, 9.17) is 5.73 Å². The topological polar surface area (TPSA) is 81.4 Å². The second-order valence-electron chi connectivity index (χ2n) is 4.53. The molecule has 0 heterocycles. The Morgan fingerprint density at radius 1 is 1.29 bits per heavy atom. The third-order valence-corrected chi connectivity index (χ3v) is 2.89. The molecule has 3 N–H and O–H groups in total. The number of alkyl halides is 3. The van der Waals surface area contributed by atoms with Crippen LogP contribution in [0, 0.1) is 5.92 Å². The lowest BCUT2D eigenvalue weighted by Gasteiger charge is -2.18. The molecular weight excluding hydrogens is 289 g/mol. The number of hydrogen-bond acceptors (Lipinski definition) is 3. The zero-order valence-corrected chi connectivity index (χ0v) is 11.4. The van der Waals surface area contributed by atoms with Crippen LogP contribution in [0.5, 0.6) is 5.75 Å². The average molecular weight is 304 g/mol. The molecule has 0 aliphatic heterocycles. The third kappa shape index (κ3) is 5.33. The van der Waals surface area contributed by atoms with Crippen LogP contribution >= 0.6 is 0 Å². The number of halogens is 3. The molecule has 2 unspecified atom stereocenters. The summed E-state index contributed by atoms with van der Waals surface area (Å²) in [7, 11) is 0. The van der Waals surface area contributed by atoms with E-state index >= 15 is 0 Å². The molecule has 0 aliphatic carbocycles. The zero-order chi connectivity index (χ0) is 16.2. The molecule has 0 aromatic heterocycles. The summed E-state index contributed by atoms with van der Waals surface area (Å²) in [6.45, 7) is 3.11. The Morgan fingerprint density at radius 3 is 2.43 bits per heavy atom. The largest absolute Gasteiger partial charge is 0.573 e. The van der Waals surface area contributed by atoms with Crippen molar-refractivity contribution in [3.63, 3.8) is 0 Å². The summed E-state index contributed by atoms with van der Waals surface area (Å²) in [4.78, 5) is 22.9. The minimum absolute atomic E-state index is 0.0136. The van der Waals surface area contributed by atoms with Crippen molar-refractivity contribution in [3.8, 4) is 5.75 Å². The minimum atomic E-state index is -4.83. The number of carbonyl (C=O) groups excluding carboxylic acids is 2. The van der Waals surface area contributed by atoms with Crippen LogP contribution < -0.4 is 15.8 Å². The van der Waals surface area contributed by atoms with Crippen molar-refractivity contribution in [1.29, 1.82) is 0 Å². The number of nitrogens with two attached hydrogens (primary N) is 1. The van der Waals surface area contributed by atoms with Crippen LogP contribution in [0.25, 0.3) is 0 Å².